The number of halogens is 1. The third kappa shape index (κ3) is 2.63. The molecule has 0 radical (unpaired) electrons. The Hall–Kier alpha value is -2.01. The standard InChI is InChI=1S/C14H17ClN4O/c1-9(10-6-4-5-7-11(10)15)19(2)13-12(16)14(20-3)18-8-17-13/h4-9H,16H2,1-3H3. The molecule has 0 saturated heterocycles. The van der Waals surface area contributed by atoms with E-state index < -0.39 is 0 Å². The van der Waals surface area contributed by atoms with Gasteiger partial charge in [-0.05, 0) is 18.6 Å². The van der Waals surface area contributed by atoms with Crippen molar-refractivity contribution in [2.75, 3.05) is 24.8 Å². The van der Waals surface area contributed by atoms with Crippen LogP contribution in [-0.4, -0.2) is 24.1 Å². The Morgan fingerprint density at radius 1 is 1.30 bits per heavy atom. The third-order valence-corrected chi connectivity index (χ3v) is 3.63. The lowest BCUT2D eigenvalue weighted by molar-refractivity contribution is 0.399. The molecule has 20 heavy (non-hydrogen) atoms. The monoisotopic (exact) mass is 292 g/mol. The van der Waals surface area contributed by atoms with Crippen molar-refractivity contribution >= 4 is 23.1 Å². The predicted molar refractivity (Wildman–Crippen MR) is 81.3 cm³/mol. The molecule has 106 valence electrons. The summed E-state index contributed by atoms with van der Waals surface area (Å²) in [6.07, 6.45) is 1.43. The molecule has 0 aliphatic heterocycles. The van der Waals surface area contributed by atoms with Crippen LogP contribution in [0.5, 0.6) is 5.88 Å². The maximum absolute atomic E-state index is 6.23. The second kappa shape index (κ2) is 5.96. The molecule has 6 heteroatoms. The zero-order valence-electron chi connectivity index (χ0n) is 11.7. The molecule has 1 heterocycles. The summed E-state index contributed by atoms with van der Waals surface area (Å²) in [5.74, 6) is 0.984. The van der Waals surface area contributed by atoms with Crippen LogP contribution in [0.3, 0.4) is 0 Å². The Balaban J connectivity index is 2.36. The van der Waals surface area contributed by atoms with Crippen molar-refractivity contribution in [1.82, 2.24) is 9.97 Å². The smallest absolute Gasteiger partial charge is 0.242 e. The minimum atomic E-state index is 0.0191. The Kier molecular flexibility index (Phi) is 4.29. The fraction of sp³-hybridized carbons (Fsp3) is 0.286. The van der Waals surface area contributed by atoms with E-state index in [9.17, 15) is 0 Å². The lowest BCUT2D eigenvalue weighted by atomic mass is 10.1. The number of hydrogen-bond acceptors (Lipinski definition) is 5. The first-order valence-corrected chi connectivity index (χ1v) is 6.55. The van der Waals surface area contributed by atoms with Crippen LogP contribution in [0.4, 0.5) is 11.5 Å². The number of ether oxygens (including phenoxy) is 1. The van der Waals surface area contributed by atoms with Crippen molar-refractivity contribution in [3.05, 3.63) is 41.2 Å². The minimum absolute atomic E-state index is 0.0191. The lowest BCUT2D eigenvalue weighted by Gasteiger charge is -2.28. The van der Waals surface area contributed by atoms with Crippen LogP contribution >= 0.6 is 11.6 Å². The van der Waals surface area contributed by atoms with Gasteiger partial charge in [-0.3, -0.25) is 0 Å². The molecular formula is C14H17ClN4O. The number of benzene rings is 1. The summed E-state index contributed by atoms with van der Waals surface area (Å²) in [4.78, 5) is 10.2. The topological polar surface area (TPSA) is 64.3 Å². The van der Waals surface area contributed by atoms with Gasteiger partial charge < -0.3 is 15.4 Å². The quantitative estimate of drug-likeness (QED) is 0.938. The van der Waals surface area contributed by atoms with E-state index in [0.29, 0.717) is 22.4 Å². The molecule has 2 N–H and O–H groups in total. The Bertz CT molecular complexity index is 605. The molecule has 0 aliphatic rings. The van der Waals surface area contributed by atoms with E-state index in [4.69, 9.17) is 22.1 Å². The number of methoxy groups -OCH3 is 1. The van der Waals surface area contributed by atoms with Gasteiger partial charge in [-0.1, -0.05) is 29.8 Å². The van der Waals surface area contributed by atoms with Crippen LogP contribution in [0.1, 0.15) is 18.5 Å². The van der Waals surface area contributed by atoms with Crippen molar-refractivity contribution in [2.45, 2.75) is 13.0 Å². The van der Waals surface area contributed by atoms with Crippen molar-refractivity contribution in [3.8, 4) is 5.88 Å². The first kappa shape index (κ1) is 14.4. The Morgan fingerprint density at radius 2 is 2.00 bits per heavy atom. The van der Waals surface area contributed by atoms with Gasteiger partial charge in [0.1, 0.15) is 12.0 Å². The zero-order valence-corrected chi connectivity index (χ0v) is 12.4. The van der Waals surface area contributed by atoms with Crippen LogP contribution in [0.2, 0.25) is 5.02 Å². The molecule has 0 amide bonds. The van der Waals surface area contributed by atoms with E-state index in [1.165, 1.54) is 13.4 Å². The molecule has 0 aliphatic carbocycles. The molecule has 2 aromatic rings. The summed E-state index contributed by atoms with van der Waals surface area (Å²) in [5.41, 5.74) is 7.45. The van der Waals surface area contributed by atoms with Gasteiger partial charge in [0, 0.05) is 12.1 Å². The largest absolute Gasteiger partial charge is 0.479 e. The lowest BCUT2D eigenvalue weighted by Crippen LogP contribution is -2.24. The van der Waals surface area contributed by atoms with E-state index in [2.05, 4.69) is 9.97 Å². The molecule has 1 aromatic carbocycles. The molecule has 2 rings (SSSR count). The summed E-state index contributed by atoms with van der Waals surface area (Å²) < 4.78 is 5.12. The summed E-state index contributed by atoms with van der Waals surface area (Å²) >= 11 is 6.23. The molecule has 0 bridgehead atoms. The molecule has 1 atom stereocenters. The van der Waals surface area contributed by atoms with E-state index >= 15 is 0 Å². The van der Waals surface area contributed by atoms with Crippen LogP contribution in [0, 0.1) is 0 Å². The molecule has 5 nitrogen and oxygen atoms in total. The van der Waals surface area contributed by atoms with Crippen molar-refractivity contribution < 1.29 is 4.74 Å². The number of hydrogen-bond donors (Lipinski definition) is 1. The Morgan fingerprint density at radius 3 is 2.65 bits per heavy atom. The number of rotatable bonds is 4. The van der Waals surface area contributed by atoms with Crippen molar-refractivity contribution in [3.63, 3.8) is 0 Å². The van der Waals surface area contributed by atoms with E-state index in [-0.39, 0.29) is 6.04 Å². The summed E-state index contributed by atoms with van der Waals surface area (Å²) in [7, 11) is 3.44. The van der Waals surface area contributed by atoms with Gasteiger partial charge in [0.05, 0.1) is 13.2 Å². The first-order chi connectivity index (χ1) is 9.56. The molecule has 0 fully saturated rings. The molecule has 1 aromatic heterocycles. The van der Waals surface area contributed by atoms with Gasteiger partial charge in [0.15, 0.2) is 5.82 Å². The fourth-order valence-electron chi connectivity index (χ4n) is 2.02. The molecular weight excluding hydrogens is 276 g/mol. The number of aromatic nitrogens is 2. The molecule has 1 unspecified atom stereocenters. The van der Waals surface area contributed by atoms with Crippen LogP contribution in [0.15, 0.2) is 30.6 Å². The summed E-state index contributed by atoms with van der Waals surface area (Å²) in [5, 5.41) is 0.714. The number of anilines is 2. The first-order valence-electron chi connectivity index (χ1n) is 6.18. The predicted octanol–water partition coefficient (Wildman–Crippen LogP) is 2.92. The average Bonchev–Trinajstić information content (AvgIpc) is 2.46. The second-order valence-electron chi connectivity index (χ2n) is 4.43. The van der Waals surface area contributed by atoms with Crippen LogP contribution in [0.25, 0.3) is 0 Å². The highest BCUT2D eigenvalue weighted by molar-refractivity contribution is 6.31. The van der Waals surface area contributed by atoms with Gasteiger partial charge in [-0.2, -0.15) is 4.98 Å². The van der Waals surface area contributed by atoms with Gasteiger partial charge in [0.25, 0.3) is 0 Å². The van der Waals surface area contributed by atoms with E-state index in [1.54, 1.807) is 0 Å². The highest BCUT2D eigenvalue weighted by Crippen LogP contribution is 2.33. The normalized spacial score (nSPS) is 12.0. The number of nitrogen functional groups attached to an aromatic ring is 1. The fourth-order valence-corrected chi connectivity index (χ4v) is 2.31. The Labute approximate surface area is 123 Å². The average molecular weight is 293 g/mol. The third-order valence-electron chi connectivity index (χ3n) is 3.29. The zero-order chi connectivity index (χ0) is 14.7. The highest BCUT2D eigenvalue weighted by atomic mass is 35.5. The van der Waals surface area contributed by atoms with E-state index in [0.717, 1.165) is 5.56 Å². The van der Waals surface area contributed by atoms with Crippen molar-refractivity contribution in [1.29, 1.82) is 0 Å². The van der Waals surface area contributed by atoms with Crippen LogP contribution < -0.4 is 15.4 Å². The van der Waals surface area contributed by atoms with Gasteiger partial charge in [-0.25, -0.2) is 4.98 Å². The maximum atomic E-state index is 6.23. The number of nitrogens with zero attached hydrogens (tertiary/aromatic N) is 3. The number of nitrogens with two attached hydrogens (primary N) is 1. The molecule has 0 spiro atoms. The summed E-state index contributed by atoms with van der Waals surface area (Å²) in [6.45, 7) is 2.04. The SMILES string of the molecule is COc1ncnc(N(C)C(C)c2ccccc2Cl)c1N. The van der Waals surface area contributed by atoms with Crippen molar-refractivity contribution in [2.24, 2.45) is 0 Å². The van der Waals surface area contributed by atoms with Crippen LogP contribution in [-0.2, 0) is 0 Å². The summed E-state index contributed by atoms with van der Waals surface area (Å²) in [6, 6.07) is 7.73. The maximum Gasteiger partial charge on any atom is 0.242 e. The molecule has 0 saturated carbocycles. The van der Waals surface area contributed by atoms with E-state index in [1.807, 2.05) is 43.1 Å². The highest BCUT2D eigenvalue weighted by Gasteiger charge is 2.19. The van der Waals surface area contributed by atoms with Gasteiger partial charge in [-0.15, -0.1) is 0 Å². The van der Waals surface area contributed by atoms with Gasteiger partial charge in [0.2, 0.25) is 5.88 Å². The van der Waals surface area contributed by atoms with Gasteiger partial charge >= 0.3 is 0 Å². The minimum Gasteiger partial charge on any atom is -0.479 e. The second-order valence-corrected chi connectivity index (χ2v) is 4.84.